The van der Waals surface area contributed by atoms with Crippen molar-refractivity contribution in [2.24, 2.45) is 5.73 Å². The summed E-state index contributed by atoms with van der Waals surface area (Å²) in [6.45, 7) is 0.776. The summed E-state index contributed by atoms with van der Waals surface area (Å²) in [4.78, 5) is 11.9. The molecular weight excluding hydrogens is 218 g/mol. The summed E-state index contributed by atoms with van der Waals surface area (Å²) in [5.74, 6) is 0.0428. The van der Waals surface area contributed by atoms with E-state index in [9.17, 15) is 4.79 Å². The number of rotatable bonds is 7. The maximum Gasteiger partial charge on any atom is 0.164 e. The Morgan fingerprint density at radius 1 is 1.35 bits per heavy atom. The van der Waals surface area contributed by atoms with Gasteiger partial charge in [0.25, 0.3) is 0 Å². The molecule has 1 atom stereocenters. The highest BCUT2D eigenvalue weighted by atomic mass is 16.5. The summed E-state index contributed by atoms with van der Waals surface area (Å²) in [7, 11) is 3.21. The zero-order chi connectivity index (χ0) is 12.7. The van der Waals surface area contributed by atoms with Crippen molar-refractivity contribution in [1.82, 2.24) is 0 Å². The number of methoxy groups -OCH3 is 2. The predicted molar refractivity (Wildman–Crippen MR) is 66.1 cm³/mol. The van der Waals surface area contributed by atoms with Crippen LogP contribution in [0, 0.1) is 0 Å². The largest absolute Gasteiger partial charge is 0.382 e. The van der Waals surface area contributed by atoms with Crippen LogP contribution >= 0.6 is 0 Å². The van der Waals surface area contributed by atoms with Crippen molar-refractivity contribution in [2.45, 2.75) is 12.5 Å². The Bertz CT molecular complexity index is 365. The van der Waals surface area contributed by atoms with Gasteiger partial charge in [-0.1, -0.05) is 24.3 Å². The highest BCUT2D eigenvalue weighted by Gasteiger charge is 2.17. The molecular formula is C13H19NO3. The first-order valence-corrected chi connectivity index (χ1v) is 5.58. The number of ether oxygens (including phenoxy) is 2. The van der Waals surface area contributed by atoms with E-state index in [2.05, 4.69) is 0 Å². The summed E-state index contributed by atoms with van der Waals surface area (Å²) in [5, 5.41) is 0. The average Bonchev–Trinajstić information content (AvgIpc) is 2.36. The van der Waals surface area contributed by atoms with Crippen molar-refractivity contribution in [3.8, 4) is 0 Å². The summed E-state index contributed by atoms with van der Waals surface area (Å²) in [5.41, 5.74) is 6.93. The van der Waals surface area contributed by atoms with Gasteiger partial charge in [-0.2, -0.15) is 0 Å². The second kappa shape index (κ2) is 7.17. The van der Waals surface area contributed by atoms with Crippen LogP contribution in [0.4, 0.5) is 0 Å². The molecule has 0 aromatic heterocycles. The highest BCUT2D eigenvalue weighted by molar-refractivity contribution is 5.97. The van der Waals surface area contributed by atoms with Gasteiger partial charge < -0.3 is 15.2 Å². The van der Waals surface area contributed by atoms with E-state index in [-0.39, 0.29) is 11.9 Å². The summed E-state index contributed by atoms with van der Waals surface area (Å²) in [6, 6.07) is 7.41. The molecule has 2 N–H and O–H groups in total. The van der Waals surface area contributed by atoms with Crippen molar-refractivity contribution >= 4 is 5.78 Å². The summed E-state index contributed by atoms with van der Waals surface area (Å²) >= 11 is 0. The van der Waals surface area contributed by atoms with E-state index in [1.165, 1.54) is 0 Å². The average molecular weight is 237 g/mol. The molecule has 0 amide bonds. The van der Waals surface area contributed by atoms with Gasteiger partial charge in [-0.05, 0) is 12.1 Å². The van der Waals surface area contributed by atoms with E-state index in [1.54, 1.807) is 20.3 Å². The number of Topliss-reactive ketones (excluding diaryl/α,β-unsaturated/α-hetero) is 1. The van der Waals surface area contributed by atoms with E-state index in [4.69, 9.17) is 15.2 Å². The standard InChI is InChI=1S/C13H19NO3/c1-16-9-13(17-2)11-6-4-3-5-10(11)12(15)7-8-14/h3-6,13H,7-9,14H2,1-2H3. The molecule has 0 aliphatic heterocycles. The summed E-state index contributed by atoms with van der Waals surface area (Å²) < 4.78 is 10.4. The lowest BCUT2D eigenvalue weighted by Crippen LogP contribution is -2.15. The third kappa shape index (κ3) is 3.63. The number of hydrogen-bond donors (Lipinski definition) is 1. The molecule has 0 fully saturated rings. The molecule has 1 aromatic rings. The Hall–Kier alpha value is -1.23. The van der Waals surface area contributed by atoms with Gasteiger partial charge in [-0.25, -0.2) is 0 Å². The number of carbonyl (C=O) groups excluding carboxylic acids is 1. The van der Waals surface area contributed by atoms with Crippen LogP contribution in [0.5, 0.6) is 0 Å². The van der Waals surface area contributed by atoms with Crippen LogP contribution in [0.15, 0.2) is 24.3 Å². The van der Waals surface area contributed by atoms with E-state index < -0.39 is 0 Å². The lowest BCUT2D eigenvalue weighted by molar-refractivity contribution is 0.0269. The third-order valence-electron chi connectivity index (χ3n) is 2.58. The fourth-order valence-corrected chi connectivity index (χ4v) is 1.73. The minimum atomic E-state index is -0.224. The lowest BCUT2D eigenvalue weighted by atomic mass is 9.98. The third-order valence-corrected chi connectivity index (χ3v) is 2.58. The molecule has 4 nitrogen and oxygen atoms in total. The van der Waals surface area contributed by atoms with Gasteiger partial charge in [-0.15, -0.1) is 0 Å². The van der Waals surface area contributed by atoms with Gasteiger partial charge in [-0.3, -0.25) is 4.79 Å². The van der Waals surface area contributed by atoms with Crippen molar-refractivity contribution in [3.05, 3.63) is 35.4 Å². The quantitative estimate of drug-likeness (QED) is 0.731. The molecule has 1 rings (SSSR count). The Kier molecular flexibility index (Phi) is 5.83. The Balaban J connectivity index is 3.01. The Labute approximate surface area is 102 Å². The van der Waals surface area contributed by atoms with Crippen LogP contribution in [0.3, 0.4) is 0 Å². The van der Waals surface area contributed by atoms with Gasteiger partial charge in [0.05, 0.1) is 6.61 Å². The first-order valence-electron chi connectivity index (χ1n) is 5.58. The molecule has 0 spiro atoms. The van der Waals surface area contributed by atoms with Crippen LogP contribution in [0.2, 0.25) is 0 Å². The minimum absolute atomic E-state index is 0.0428. The maximum atomic E-state index is 11.9. The Morgan fingerprint density at radius 2 is 2.06 bits per heavy atom. The van der Waals surface area contributed by atoms with Crippen LogP contribution < -0.4 is 5.73 Å². The van der Waals surface area contributed by atoms with Gasteiger partial charge in [0.2, 0.25) is 0 Å². The molecule has 0 radical (unpaired) electrons. The molecule has 0 aliphatic rings. The zero-order valence-electron chi connectivity index (χ0n) is 10.3. The van der Waals surface area contributed by atoms with E-state index in [0.29, 0.717) is 25.1 Å². The fourth-order valence-electron chi connectivity index (χ4n) is 1.73. The number of nitrogens with two attached hydrogens (primary N) is 1. The molecule has 0 saturated carbocycles. The van der Waals surface area contributed by atoms with E-state index >= 15 is 0 Å². The molecule has 0 bridgehead atoms. The van der Waals surface area contributed by atoms with Crippen molar-refractivity contribution in [1.29, 1.82) is 0 Å². The van der Waals surface area contributed by atoms with Crippen LogP contribution in [0.1, 0.15) is 28.4 Å². The van der Waals surface area contributed by atoms with Crippen molar-refractivity contribution < 1.29 is 14.3 Å². The van der Waals surface area contributed by atoms with Gasteiger partial charge in [0.15, 0.2) is 5.78 Å². The van der Waals surface area contributed by atoms with E-state index in [1.807, 2.05) is 18.2 Å². The molecule has 0 aliphatic carbocycles. The number of benzene rings is 1. The topological polar surface area (TPSA) is 61.5 Å². The molecule has 0 heterocycles. The molecule has 4 heteroatoms. The summed E-state index contributed by atoms with van der Waals surface area (Å²) in [6.07, 6.45) is 0.124. The number of carbonyl (C=O) groups is 1. The lowest BCUT2D eigenvalue weighted by Gasteiger charge is -2.17. The molecule has 1 unspecified atom stereocenters. The molecule has 0 saturated heterocycles. The minimum Gasteiger partial charge on any atom is -0.382 e. The fraction of sp³-hybridized carbons (Fsp3) is 0.462. The second-order valence-electron chi connectivity index (χ2n) is 3.73. The highest BCUT2D eigenvalue weighted by Crippen LogP contribution is 2.22. The van der Waals surface area contributed by atoms with Crippen molar-refractivity contribution in [2.75, 3.05) is 27.4 Å². The normalized spacial score (nSPS) is 12.4. The van der Waals surface area contributed by atoms with Crippen LogP contribution in [0.25, 0.3) is 0 Å². The maximum absolute atomic E-state index is 11.9. The predicted octanol–water partition coefficient (Wildman–Crippen LogP) is 1.55. The second-order valence-corrected chi connectivity index (χ2v) is 3.73. The molecule has 17 heavy (non-hydrogen) atoms. The first-order chi connectivity index (χ1) is 8.24. The number of hydrogen-bond acceptors (Lipinski definition) is 4. The smallest absolute Gasteiger partial charge is 0.164 e. The SMILES string of the molecule is COCC(OC)c1ccccc1C(=O)CCN. The Morgan fingerprint density at radius 3 is 2.65 bits per heavy atom. The number of ketones is 1. The van der Waals surface area contributed by atoms with Gasteiger partial charge >= 0.3 is 0 Å². The van der Waals surface area contributed by atoms with Crippen molar-refractivity contribution in [3.63, 3.8) is 0 Å². The van der Waals surface area contributed by atoms with E-state index in [0.717, 1.165) is 5.56 Å². The molecule has 1 aromatic carbocycles. The van der Waals surface area contributed by atoms with Crippen LogP contribution in [-0.4, -0.2) is 33.2 Å². The van der Waals surface area contributed by atoms with Crippen LogP contribution in [-0.2, 0) is 9.47 Å². The zero-order valence-corrected chi connectivity index (χ0v) is 10.3. The molecule has 94 valence electrons. The van der Waals surface area contributed by atoms with Gasteiger partial charge in [0, 0.05) is 26.2 Å². The first kappa shape index (κ1) is 13.8. The van der Waals surface area contributed by atoms with Gasteiger partial charge in [0.1, 0.15) is 6.10 Å². The monoisotopic (exact) mass is 237 g/mol.